The average Bonchev–Trinajstić information content (AvgIpc) is 2.93. The molecule has 19 heavy (non-hydrogen) atoms. The van der Waals surface area contributed by atoms with E-state index in [9.17, 15) is 0 Å². The molecule has 0 aliphatic heterocycles. The summed E-state index contributed by atoms with van der Waals surface area (Å²) in [5.41, 5.74) is 7.44. The Labute approximate surface area is 113 Å². The van der Waals surface area contributed by atoms with E-state index in [0.29, 0.717) is 33.7 Å². The van der Waals surface area contributed by atoms with Gasteiger partial charge in [-0.15, -0.1) is 0 Å². The van der Waals surface area contributed by atoms with E-state index in [4.69, 9.17) is 21.9 Å². The molecule has 0 bridgehead atoms. The summed E-state index contributed by atoms with van der Waals surface area (Å²) in [4.78, 5) is 12.1. The topological polar surface area (TPSA) is 90.7 Å². The van der Waals surface area contributed by atoms with Crippen LogP contribution in [0.15, 0.2) is 41.3 Å². The molecule has 1 aromatic carbocycles. The van der Waals surface area contributed by atoms with Gasteiger partial charge in [0.05, 0.1) is 10.7 Å². The molecule has 2 N–H and O–H groups in total. The molecule has 3 rings (SSSR count). The minimum Gasteiger partial charge on any atom is -0.398 e. The lowest BCUT2D eigenvalue weighted by Crippen LogP contribution is -1.87. The Morgan fingerprint density at radius 1 is 1.21 bits per heavy atom. The maximum absolute atomic E-state index is 5.95. The van der Waals surface area contributed by atoms with Crippen LogP contribution in [0.3, 0.4) is 0 Å². The molecule has 7 heteroatoms. The molecule has 0 atom stereocenters. The van der Waals surface area contributed by atoms with E-state index in [1.165, 1.54) is 6.33 Å². The molecule has 0 saturated heterocycles. The van der Waals surface area contributed by atoms with Crippen LogP contribution in [0.4, 0.5) is 5.69 Å². The smallest absolute Gasteiger partial charge is 0.258 e. The highest BCUT2D eigenvalue weighted by atomic mass is 35.5. The van der Waals surface area contributed by atoms with Crippen LogP contribution in [0.25, 0.3) is 23.0 Å². The Balaban J connectivity index is 1.99. The number of halogens is 1. The van der Waals surface area contributed by atoms with Crippen LogP contribution in [0, 0.1) is 0 Å². The number of anilines is 1. The fourth-order valence-electron chi connectivity index (χ4n) is 1.53. The molecule has 2 heterocycles. The SMILES string of the molecule is Nc1ccc(-c2nc(-c3ccncn3)no2)cc1Cl. The van der Waals surface area contributed by atoms with Crippen molar-refractivity contribution in [3.8, 4) is 23.0 Å². The van der Waals surface area contributed by atoms with Crippen molar-refractivity contribution in [2.24, 2.45) is 0 Å². The van der Waals surface area contributed by atoms with Crippen LogP contribution in [0.5, 0.6) is 0 Å². The van der Waals surface area contributed by atoms with Crippen molar-refractivity contribution in [2.45, 2.75) is 0 Å². The highest BCUT2D eigenvalue weighted by molar-refractivity contribution is 6.33. The molecule has 0 amide bonds. The average molecular weight is 274 g/mol. The van der Waals surface area contributed by atoms with E-state index in [1.54, 1.807) is 30.5 Å². The fourth-order valence-corrected chi connectivity index (χ4v) is 1.71. The third kappa shape index (κ3) is 2.25. The second kappa shape index (κ2) is 4.66. The number of hydrogen-bond acceptors (Lipinski definition) is 6. The zero-order valence-corrected chi connectivity index (χ0v) is 10.4. The minimum atomic E-state index is 0.357. The molecule has 6 nitrogen and oxygen atoms in total. The first-order valence-electron chi connectivity index (χ1n) is 5.39. The van der Waals surface area contributed by atoms with Crippen LogP contribution in [-0.2, 0) is 0 Å². The number of nitrogen functional groups attached to an aromatic ring is 1. The lowest BCUT2D eigenvalue weighted by Gasteiger charge is -1.98. The molecule has 0 saturated carbocycles. The molecular weight excluding hydrogens is 266 g/mol. The monoisotopic (exact) mass is 273 g/mol. The van der Waals surface area contributed by atoms with Gasteiger partial charge in [-0.05, 0) is 24.3 Å². The van der Waals surface area contributed by atoms with Crippen molar-refractivity contribution in [3.05, 3.63) is 41.8 Å². The quantitative estimate of drug-likeness (QED) is 0.721. The van der Waals surface area contributed by atoms with E-state index in [1.807, 2.05) is 0 Å². The number of nitrogens with zero attached hydrogens (tertiary/aromatic N) is 4. The third-order valence-corrected chi connectivity index (χ3v) is 2.81. The van der Waals surface area contributed by atoms with Gasteiger partial charge >= 0.3 is 0 Å². The van der Waals surface area contributed by atoms with Crippen LogP contribution in [0.1, 0.15) is 0 Å². The van der Waals surface area contributed by atoms with Gasteiger partial charge in [0.25, 0.3) is 5.89 Å². The van der Waals surface area contributed by atoms with E-state index in [2.05, 4.69) is 20.1 Å². The van der Waals surface area contributed by atoms with Gasteiger partial charge in [-0.25, -0.2) is 9.97 Å². The molecule has 0 aliphatic rings. The van der Waals surface area contributed by atoms with Gasteiger partial charge in [-0.3, -0.25) is 0 Å². The van der Waals surface area contributed by atoms with Crippen LogP contribution < -0.4 is 5.73 Å². The summed E-state index contributed by atoms with van der Waals surface area (Å²) in [5, 5.41) is 4.31. The molecular formula is C12H8ClN5O. The summed E-state index contributed by atoms with van der Waals surface area (Å²) in [6, 6.07) is 6.82. The Hall–Kier alpha value is -2.47. The molecule has 2 aromatic heterocycles. The van der Waals surface area contributed by atoms with Crippen molar-refractivity contribution in [3.63, 3.8) is 0 Å². The highest BCUT2D eigenvalue weighted by Crippen LogP contribution is 2.26. The van der Waals surface area contributed by atoms with Crippen LogP contribution in [-0.4, -0.2) is 20.1 Å². The number of hydrogen-bond donors (Lipinski definition) is 1. The van der Waals surface area contributed by atoms with Gasteiger partial charge in [0.15, 0.2) is 0 Å². The first kappa shape index (κ1) is 11.6. The lowest BCUT2D eigenvalue weighted by atomic mass is 10.2. The summed E-state index contributed by atoms with van der Waals surface area (Å²) in [6.45, 7) is 0. The summed E-state index contributed by atoms with van der Waals surface area (Å²) in [6.07, 6.45) is 3.03. The van der Waals surface area contributed by atoms with Crippen LogP contribution in [0.2, 0.25) is 5.02 Å². The Kier molecular flexibility index (Phi) is 2.85. The van der Waals surface area contributed by atoms with Gasteiger partial charge < -0.3 is 10.3 Å². The minimum absolute atomic E-state index is 0.357. The van der Waals surface area contributed by atoms with Crippen molar-refractivity contribution >= 4 is 17.3 Å². The van der Waals surface area contributed by atoms with Crippen molar-refractivity contribution in [1.29, 1.82) is 0 Å². The standard InChI is InChI=1S/C12H8ClN5O/c13-8-5-7(1-2-9(8)14)12-17-11(18-19-12)10-3-4-15-6-16-10/h1-6H,14H2. The van der Waals surface area contributed by atoms with Crippen LogP contribution >= 0.6 is 11.6 Å². The first-order valence-corrected chi connectivity index (χ1v) is 5.77. The molecule has 0 aliphatic carbocycles. The van der Waals surface area contributed by atoms with Crippen molar-refractivity contribution in [1.82, 2.24) is 20.1 Å². The lowest BCUT2D eigenvalue weighted by molar-refractivity contribution is 0.432. The normalized spacial score (nSPS) is 10.6. The molecule has 0 radical (unpaired) electrons. The number of benzene rings is 1. The van der Waals surface area contributed by atoms with Gasteiger partial charge in [-0.2, -0.15) is 4.98 Å². The summed E-state index contributed by atoms with van der Waals surface area (Å²) in [5.74, 6) is 0.751. The number of aromatic nitrogens is 4. The predicted octanol–water partition coefficient (Wildman–Crippen LogP) is 2.43. The summed E-state index contributed by atoms with van der Waals surface area (Å²) in [7, 11) is 0. The van der Waals surface area contributed by atoms with E-state index < -0.39 is 0 Å². The first-order chi connectivity index (χ1) is 9.24. The van der Waals surface area contributed by atoms with Gasteiger partial charge in [0.2, 0.25) is 5.82 Å². The predicted molar refractivity (Wildman–Crippen MR) is 70.2 cm³/mol. The van der Waals surface area contributed by atoms with E-state index >= 15 is 0 Å². The summed E-state index contributed by atoms with van der Waals surface area (Å²) < 4.78 is 5.18. The maximum atomic E-state index is 5.95. The van der Waals surface area contributed by atoms with Crippen molar-refractivity contribution < 1.29 is 4.52 Å². The Morgan fingerprint density at radius 3 is 2.84 bits per heavy atom. The second-order valence-electron chi connectivity index (χ2n) is 3.75. The molecule has 0 unspecified atom stereocenters. The largest absolute Gasteiger partial charge is 0.398 e. The Bertz CT molecular complexity index is 713. The highest BCUT2D eigenvalue weighted by Gasteiger charge is 2.12. The molecule has 3 aromatic rings. The summed E-state index contributed by atoms with van der Waals surface area (Å²) >= 11 is 5.95. The third-order valence-electron chi connectivity index (χ3n) is 2.48. The molecule has 0 fully saturated rings. The second-order valence-corrected chi connectivity index (χ2v) is 4.16. The number of nitrogens with two attached hydrogens (primary N) is 1. The van der Waals surface area contributed by atoms with Gasteiger partial charge in [-0.1, -0.05) is 16.8 Å². The number of rotatable bonds is 2. The van der Waals surface area contributed by atoms with Gasteiger partial charge in [0.1, 0.15) is 12.0 Å². The zero-order valence-electron chi connectivity index (χ0n) is 9.62. The van der Waals surface area contributed by atoms with E-state index in [0.717, 1.165) is 0 Å². The zero-order chi connectivity index (χ0) is 13.2. The van der Waals surface area contributed by atoms with E-state index in [-0.39, 0.29) is 0 Å². The molecule has 0 spiro atoms. The molecule has 94 valence electrons. The van der Waals surface area contributed by atoms with Gasteiger partial charge in [0, 0.05) is 11.8 Å². The van der Waals surface area contributed by atoms with Crippen molar-refractivity contribution in [2.75, 3.05) is 5.73 Å². The maximum Gasteiger partial charge on any atom is 0.258 e. The fraction of sp³-hybridized carbons (Fsp3) is 0. The Morgan fingerprint density at radius 2 is 2.11 bits per heavy atom.